The molecule has 0 spiro atoms. The lowest BCUT2D eigenvalue weighted by molar-refractivity contribution is -0.140. The van der Waals surface area contributed by atoms with Gasteiger partial charge in [-0.3, -0.25) is 4.79 Å². The fraction of sp³-hybridized carbons (Fsp3) is 0.867. The molecular weight excluding hydrogens is 272 g/mol. The van der Waals surface area contributed by atoms with Gasteiger partial charge in [0.05, 0.1) is 19.1 Å². The Morgan fingerprint density at radius 3 is 2.67 bits per heavy atom. The zero-order chi connectivity index (χ0) is 15.3. The molecule has 2 rings (SSSR count). The van der Waals surface area contributed by atoms with Crippen LogP contribution in [0.15, 0.2) is 0 Å². The summed E-state index contributed by atoms with van der Waals surface area (Å²) in [4.78, 5) is 25.1. The Morgan fingerprint density at radius 1 is 1.33 bits per heavy atom. The van der Waals surface area contributed by atoms with Crippen LogP contribution in [0.2, 0.25) is 0 Å². The van der Waals surface area contributed by atoms with Crippen molar-refractivity contribution in [3.8, 4) is 0 Å². The zero-order valence-corrected chi connectivity index (χ0v) is 12.8. The minimum Gasteiger partial charge on any atom is -0.481 e. The molecule has 0 bridgehead atoms. The molecule has 1 saturated heterocycles. The summed E-state index contributed by atoms with van der Waals surface area (Å²) in [6.07, 6.45) is 5.25. The molecule has 0 radical (unpaired) electrons. The fourth-order valence-corrected chi connectivity index (χ4v) is 3.42. The van der Waals surface area contributed by atoms with Crippen molar-refractivity contribution in [1.29, 1.82) is 0 Å². The van der Waals surface area contributed by atoms with E-state index in [0.29, 0.717) is 26.2 Å². The van der Waals surface area contributed by atoms with Crippen molar-refractivity contribution < 1.29 is 19.4 Å². The van der Waals surface area contributed by atoms with Gasteiger partial charge in [0.1, 0.15) is 0 Å². The summed E-state index contributed by atoms with van der Waals surface area (Å²) in [5.41, 5.74) is -0.266. The molecule has 1 aliphatic heterocycles. The molecule has 2 fully saturated rings. The quantitative estimate of drug-likeness (QED) is 0.830. The Hall–Kier alpha value is -1.30. The first-order valence-electron chi connectivity index (χ1n) is 7.87. The van der Waals surface area contributed by atoms with Crippen molar-refractivity contribution in [3.63, 3.8) is 0 Å². The summed E-state index contributed by atoms with van der Waals surface area (Å²) in [5, 5.41) is 12.1. The van der Waals surface area contributed by atoms with Crippen LogP contribution in [0.25, 0.3) is 0 Å². The van der Waals surface area contributed by atoms with Crippen LogP contribution in [0.5, 0.6) is 0 Å². The SMILES string of the molecule is CC1CN(C(=O)NCC2(CC(=O)O)CCCCC2)CCO1. The van der Waals surface area contributed by atoms with Crippen LogP contribution in [-0.2, 0) is 9.53 Å². The van der Waals surface area contributed by atoms with E-state index in [1.807, 2.05) is 6.92 Å². The molecule has 0 aromatic rings. The van der Waals surface area contributed by atoms with Crippen LogP contribution in [0.1, 0.15) is 45.4 Å². The molecule has 0 aromatic carbocycles. The van der Waals surface area contributed by atoms with Gasteiger partial charge < -0.3 is 20.1 Å². The van der Waals surface area contributed by atoms with Gasteiger partial charge in [-0.2, -0.15) is 0 Å². The van der Waals surface area contributed by atoms with E-state index in [-0.39, 0.29) is 24.0 Å². The number of hydrogen-bond donors (Lipinski definition) is 2. The highest BCUT2D eigenvalue weighted by molar-refractivity contribution is 5.74. The van der Waals surface area contributed by atoms with Crippen molar-refractivity contribution in [2.45, 2.75) is 51.6 Å². The lowest BCUT2D eigenvalue weighted by atomic mass is 9.72. The number of aliphatic carboxylic acids is 1. The molecule has 2 aliphatic rings. The average Bonchev–Trinajstić information content (AvgIpc) is 2.45. The number of urea groups is 1. The van der Waals surface area contributed by atoms with Crippen molar-refractivity contribution in [3.05, 3.63) is 0 Å². The van der Waals surface area contributed by atoms with Crippen LogP contribution in [0.4, 0.5) is 4.79 Å². The van der Waals surface area contributed by atoms with E-state index in [9.17, 15) is 9.59 Å². The Balaban J connectivity index is 1.88. The van der Waals surface area contributed by atoms with Crippen molar-refractivity contribution in [1.82, 2.24) is 10.2 Å². The second kappa shape index (κ2) is 7.11. The van der Waals surface area contributed by atoms with Gasteiger partial charge in [0.15, 0.2) is 0 Å². The van der Waals surface area contributed by atoms with E-state index in [0.717, 1.165) is 32.1 Å². The van der Waals surface area contributed by atoms with Gasteiger partial charge in [-0.15, -0.1) is 0 Å². The third kappa shape index (κ3) is 4.59. The second-order valence-corrected chi connectivity index (χ2v) is 6.42. The average molecular weight is 298 g/mol. The number of morpholine rings is 1. The van der Waals surface area contributed by atoms with Gasteiger partial charge in [-0.25, -0.2) is 4.79 Å². The van der Waals surface area contributed by atoms with Gasteiger partial charge in [0.2, 0.25) is 0 Å². The number of amides is 2. The predicted molar refractivity (Wildman–Crippen MR) is 78.2 cm³/mol. The molecule has 1 saturated carbocycles. The predicted octanol–water partition coefficient (Wildman–Crippen LogP) is 1.84. The topological polar surface area (TPSA) is 78.9 Å². The van der Waals surface area contributed by atoms with E-state index in [2.05, 4.69) is 5.32 Å². The molecule has 21 heavy (non-hydrogen) atoms. The maximum absolute atomic E-state index is 12.2. The van der Waals surface area contributed by atoms with Crippen LogP contribution < -0.4 is 5.32 Å². The third-order valence-electron chi connectivity index (χ3n) is 4.58. The van der Waals surface area contributed by atoms with Gasteiger partial charge in [0.25, 0.3) is 0 Å². The number of carbonyl (C=O) groups excluding carboxylic acids is 1. The number of carboxylic acids is 1. The van der Waals surface area contributed by atoms with Crippen LogP contribution in [0.3, 0.4) is 0 Å². The van der Waals surface area contributed by atoms with E-state index in [1.165, 1.54) is 0 Å². The molecule has 2 N–H and O–H groups in total. The van der Waals surface area contributed by atoms with Gasteiger partial charge >= 0.3 is 12.0 Å². The highest BCUT2D eigenvalue weighted by Gasteiger charge is 2.35. The van der Waals surface area contributed by atoms with Crippen molar-refractivity contribution >= 4 is 12.0 Å². The molecule has 1 heterocycles. The van der Waals surface area contributed by atoms with Gasteiger partial charge in [0, 0.05) is 19.6 Å². The summed E-state index contributed by atoms with van der Waals surface area (Å²) in [6.45, 7) is 4.17. The third-order valence-corrected chi connectivity index (χ3v) is 4.58. The number of hydrogen-bond acceptors (Lipinski definition) is 3. The highest BCUT2D eigenvalue weighted by Crippen LogP contribution is 2.38. The molecule has 1 unspecified atom stereocenters. The number of ether oxygens (including phenoxy) is 1. The molecule has 0 aromatic heterocycles. The lowest BCUT2D eigenvalue weighted by Gasteiger charge is -2.37. The standard InChI is InChI=1S/C15H26N2O4/c1-12-10-17(7-8-21-12)14(20)16-11-15(9-13(18)19)5-3-2-4-6-15/h12H,2-11H2,1H3,(H,16,20)(H,18,19). The number of nitrogens with one attached hydrogen (secondary N) is 1. The lowest BCUT2D eigenvalue weighted by Crippen LogP contribution is -2.51. The Kier molecular flexibility index (Phi) is 5.45. The number of carboxylic acid groups (broad SMARTS) is 1. The molecule has 2 amide bonds. The van der Waals surface area contributed by atoms with Crippen molar-refractivity contribution in [2.24, 2.45) is 5.41 Å². The van der Waals surface area contributed by atoms with Gasteiger partial charge in [-0.05, 0) is 25.2 Å². The summed E-state index contributed by atoms with van der Waals surface area (Å²) in [5.74, 6) is -0.772. The number of nitrogens with zero attached hydrogens (tertiary/aromatic N) is 1. The minimum absolute atomic E-state index is 0.0622. The molecule has 1 atom stereocenters. The summed E-state index contributed by atoms with van der Waals surface area (Å²) < 4.78 is 5.43. The first-order chi connectivity index (χ1) is 10.0. The Morgan fingerprint density at radius 2 is 2.05 bits per heavy atom. The summed E-state index contributed by atoms with van der Waals surface area (Å²) >= 11 is 0. The number of rotatable bonds is 4. The Labute approximate surface area is 125 Å². The summed E-state index contributed by atoms with van der Waals surface area (Å²) in [7, 11) is 0. The maximum atomic E-state index is 12.2. The van der Waals surface area contributed by atoms with Crippen molar-refractivity contribution in [2.75, 3.05) is 26.2 Å². The number of carbonyl (C=O) groups is 2. The maximum Gasteiger partial charge on any atom is 0.317 e. The van der Waals surface area contributed by atoms with E-state index >= 15 is 0 Å². The molecule has 1 aliphatic carbocycles. The molecule has 6 heteroatoms. The normalized spacial score (nSPS) is 25.4. The van der Waals surface area contributed by atoms with Crippen LogP contribution in [-0.4, -0.2) is 54.4 Å². The fourth-order valence-electron chi connectivity index (χ4n) is 3.42. The second-order valence-electron chi connectivity index (χ2n) is 6.42. The first-order valence-corrected chi connectivity index (χ1v) is 7.87. The monoisotopic (exact) mass is 298 g/mol. The highest BCUT2D eigenvalue weighted by atomic mass is 16.5. The molecule has 6 nitrogen and oxygen atoms in total. The molecular formula is C15H26N2O4. The summed E-state index contributed by atoms with van der Waals surface area (Å²) in [6, 6.07) is -0.0968. The first kappa shape index (κ1) is 16.1. The minimum atomic E-state index is -0.772. The largest absolute Gasteiger partial charge is 0.481 e. The zero-order valence-electron chi connectivity index (χ0n) is 12.8. The van der Waals surface area contributed by atoms with Crippen LogP contribution in [0, 0.1) is 5.41 Å². The molecule has 120 valence electrons. The van der Waals surface area contributed by atoms with E-state index < -0.39 is 5.97 Å². The van der Waals surface area contributed by atoms with Crippen LogP contribution >= 0.6 is 0 Å². The smallest absolute Gasteiger partial charge is 0.317 e. The van der Waals surface area contributed by atoms with Gasteiger partial charge in [-0.1, -0.05) is 19.3 Å². The van der Waals surface area contributed by atoms with E-state index in [1.54, 1.807) is 4.90 Å². The Bertz CT molecular complexity index is 380. The van der Waals surface area contributed by atoms with E-state index in [4.69, 9.17) is 9.84 Å².